The first-order valence-corrected chi connectivity index (χ1v) is 4.54. The lowest BCUT2D eigenvalue weighted by Gasteiger charge is -2.21. The first-order valence-electron chi connectivity index (χ1n) is 4.54. The van der Waals surface area contributed by atoms with Gasteiger partial charge in [0.25, 0.3) is 0 Å². The number of hydrogen-bond donors (Lipinski definition) is 1. The highest BCUT2D eigenvalue weighted by molar-refractivity contribution is 5.22. The van der Waals surface area contributed by atoms with Gasteiger partial charge in [-0.3, -0.25) is 0 Å². The van der Waals surface area contributed by atoms with Crippen molar-refractivity contribution in [2.75, 3.05) is 14.2 Å². The van der Waals surface area contributed by atoms with E-state index in [-0.39, 0.29) is 12.1 Å². The number of rotatable bonds is 4. The smallest absolute Gasteiger partial charge is 0.109 e. The fourth-order valence-corrected chi connectivity index (χ4v) is 1.43. The average Bonchev–Trinajstić information content (AvgIpc) is 2.27. The van der Waals surface area contributed by atoms with E-state index in [0.29, 0.717) is 0 Å². The Kier molecular flexibility index (Phi) is 4.18. The summed E-state index contributed by atoms with van der Waals surface area (Å²) >= 11 is 0. The summed E-state index contributed by atoms with van der Waals surface area (Å²) in [4.78, 5) is 0. The van der Waals surface area contributed by atoms with Crippen LogP contribution >= 0.6 is 0 Å². The van der Waals surface area contributed by atoms with Gasteiger partial charge in [0.05, 0.1) is 6.04 Å². The van der Waals surface area contributed by atoms with Gasteiger partial charge >= 0.3 is 0 Å². The SMILES string of the molecule is C#CC(NC)C(OC)c1ccccc1. The minimum atomic E-state index is -0.0950. The number of hydrogen-bond acceptors (Lipinski definition) is 2. The molecular formula is C12H15NO. The Hall–Kier alpha value is -1.30. The summed E-state index contributed by atoms with van der Waals surface area (Å²) in [5.74, 6) is 2.67. The predicted octanol–water partition coefficient (Wildman–Crippen LogP) is 1.60. The molecule has 1 N–H and O–H groups in total. The van der Waals surface area contributed by atoms with E-state index in [4.69, 9.17) is 11.2 Å². The molecule has 0 aliphatic heterocycles. The largest absolute Gasteiger partial charge is 0.374 e. The molecule has 2 unspecified atom stereocenters. The van der Waals surface area contributed by atoms with Crippen molar-refractivity contribution < 1.29 is 4.74 Å². The molecule has 0 aromatic heterocycles. The molecule has 0 bridgehead atoms. The van der Waals surface area contributed by atoms with Crippen LogP contribution in [-0.2, 0) is 4.74 Å². The van der Waals surface area contributed by atoms with Crippen molar-refractivity contribution in [3.63, 3.8) is 0 Å². The van der Waals surface area contributed by atoms with E-state index < -0.39 is 0 Å². The van der Waals surface area contributed by atoms with E-state index in [0.717, 1.165) is 5.56 Å². The molecule has 0 heterocycles. The van der Waals surface area contributed by atoms with Gasteiger partial charge in [0.2, 0.25) is 0 Å². The fourth-order valence-electron chi connectivity index (χ4n) is 1.43. The Labute approximate surface area is 85.3 Å². The van der Waals surface area contributed by atoms with Crippen LogP contribution in [0.25, 0.3) is 0 Å². The van der Waals surface area contributed by atoms with Gasteiger partial charge in [-0.2, -0.15) is 0 Å². The summed E-state index contributed by atoms with van der Waals surface area (Å²) in [5, 5.41) is 3.04. The first-order chi connectivity index (χ1) is 6.83. The number of benzene rings is 1. The minimum Gasteiger partial charge on any atom is -0.374 e. The zero-order valence-corrected chi connectivity index (χ0v) is 8.53. The lowest BCUT2D eigenvalue weighted by Crippen LogP contribution is -2.31. The van der Waals surface area contributed by atoms with Crippen molar-refractivity contribution in [1.82, 2.24) is 5.32 Å². The summed E-state index contributed by atoms with van der Waals surface area (Å²) in [5.41, 5.74) is 1.09. The molecule has 0 aliphatic rings. The summed E-state index contributed by atoms with van der Waals surface area (Å²) in [6.45, 7) is 0. The van der Waals surface area contributed by atoms with Crippen LogP contribution in [0.4, 0.5) is 0 Å². The topological polar surface area (TPSA) is 21.3 Å². The number of nitrogens with one attached hydrogen (secondary N) is 1. The number of methoxy groups -OCH3 is 1. The molecule has 2 heteroatoms. The minimum absolute atomic E-state index is 0.0915. The van der Waals surface area contributed by atoms with Crippen LogP contribution < -0.4 is 5.32 Å². The molecule has 0 fully saturated rings. The average molecular weight is 189 g/mol. The van der Waals surface area contributed by atoms with Gasteiger partial charge in [0.15, 0.2) is 0 Å². The van der Waals surface area contributed by atoms with Gasteiger partial charge in [0, 0.05) is 7.11 Å². The number of ether oxygens (including phenoxy) is 1. The van der Waals surface area contributed by atoms with Crippen LogP contribution in [0.1, 0.15) is 11.7 Å². The van der Waals surface area contributed by atoms with Gasteiger partial charge < -0.3 is 10.1 Å². The van der Waals surface area contributed by atoms with Crippen LogP contribution in [0.5, 0.6) is 0 Å². The van der Waals surface area contributed by atoms with E-state index in [9.17, 15) is 0 Å². The Bertz CT molecular complexity index is 302. The molecule has 1 rings (SSSR count). The molecule has 0 saturated carbocycles. The molecular weight excluding hydrogens is 174 g/mol. The van der Waals surface area contributed by atoms with Crippen molar-refractivity contribution in [2.24, 2.45) is 0 Å². The standard InChI is InChI=1S/C12H15NO/c1-4-11(13-2)12(14-3)10-8-6-5-7-9-10/h1,5-9,11-13H,2-3H3. The third kappa shape index (κ3) is 2.35. The van der Waals surface area contributed by atoms with E-state index >= 15 is 0 Å². The maximum absolute atomic E-state index is 5.40. The second-order valence-corrected chi connectivity index (χ2v) is 3.00. The molecule has 0 saturated heterocycles. The number of likely N-dealkylation sites (N-methyl/N-ethyl adjacent to an activating group) is 1. The second-order valence-electron chi connectivity index (χ2n) is 3.00. The maximum atomic E-state index is 5.40. The summed E-state index contributed by atoms with van der Waals surface area (Å²) < 4.78 is 5.38. The lowest BCUT2D eigenvalue weighted by atomic mass is 10.0. The van der Waals surface area contributed by atoms with E-state index in [1.54, 1.807) is 7.11 Å². The molecule has 1 aromatic carbocycles. The highest BCUT2D eigenvalue weighted by Gasteiger charge is 2.18. The molecule has 1 aromatic rings. The van der Waals surface area contributed by atoms with E-state index in [1.165, 1.54) is 0 Å². The van der Waals surface area contributed by atoms with Gasteiger partial charge in [-0.05, 0) is 12.6 Å². The van der Waals surface area contributed by atoms with Crippen LogP contribution in [0.15, 0.2) is 30.3 Å². The van der Waals surface area contributed by atoms with Crippen LogP contribution in [-0.4, -0.2) is 20.2 Å². The predicted molar refractivity (Wildman–Crippen MR) is 57.9 cm³/mol. The van der Waals surface area contributed by atoms with Gasteiger partial charge in [-0.25, -0.2) is 0 Å². The zero-order chi connectivity index (χ0) is 10.4. The Balaban J connectivity index is 2.88. The Morgan fingerprint density at radius 1 is 1.36 bits per heavy atom. The van der Waals surface area contributed by atoms with Crippen molar-refractivity contribution in [3.8, 4) is 12.3 Å². The molecule has 0 aliphatic carbocycles. The Morgan fingerprint density at radius 3 is 2.43 bits per heavy atom. The molecule has 0 amide bonds. The quantitative estimate of drug-likeness (QED) is 0.726. The van der Waals surface area contributed by atoms with Crippen LogP contribution in [0, 0.1) is 12.3 Å². The van der Waals surface area contributed by atoms with Crippen molar-refractivity contribution in [1.29, 1.82) is 0 Å². The first kappa shape index (κ1) is 10.8. The van der Waals surface area contributed by atoms with Crippen LogP contribution in [0.2, 0.25) is 0 Å². The highest BCUT2D eigenvalue weighted by Crippen LogP contribution is 2.19. The zero-order valence-electron chi connectivity index (χ0n) is 8.53. The molecule has 74 valence electrons. The van der Waals surface area contributed by atoms with Gasteiger partial charge in [0.1, 0.15) is 6.10 Å². The Morgan fingerprint density at radius 2 is 2.00 bits per heavy atom. The third-order valence-electron chi connectivity index (χ3n) is 2.18. The van der Waals surface area contributed by atoms with Gasteiger partial charge in [-0.15, -0.1) is 6.42 Å². The van der Waals surface area contributed by atoms with Crippen molar-refractivity contribution in [2.45, 2.75) is 12.1 Å². The highest BCUT2D eigenvalue weighted by atomic mass is 16.5. The number of terminal acetylenes is 1. The molecule has 2 atom stereocenters. The lowest BCUT2D eigenvalue weighted by molar-refractivity contribution is 0.0868. The third-order valence-corrected chi connectivity index (χ3v) is 2.18. The van der Waals surface area contributed by atoms with E-state index in [2.05, 4.69) is 11.2 Å². The normalized spacial score (nSPS) is 14.4. The fraction of sp³-hybridized carbons (Fsp3) is 0.333. The van der Waals surface area contributed by atoms with Crippen molar-refractivity contribution >= 4 is 0 Å². The summed E-state index contributed by atoms with van der Waals surface area (Å²) in [6, 6.07) is 9.85. The van der Waals surface area contributed by atoms with E-state index in [1.807, 2.05) is 37.4 Å². The second kappa shape index (κ2) is 5.43. The van der Waals surface area contributed by atoms with Crippen LogP contribution in [0.3, 0.4) is 0 Å². The van der Waals surface area contributed by atoms with Gasteiger partial charge in [-0.1, -0.05) is 36.3 Å². The van der Waals surface area contributed by atoms with Crippen molar-refractivity contribution in [3.05, 3.63) is 35.9 Å². The molecule has 0 spiro atoms. The summed E-state index contributed by atoms with van der Waals surface area (Å²) in [6.07, 6.45) is 5.31. The molecule has 0 radical (unpaired) electrons. The molecule has 2 nitrogen and oxygen atoms in total. The summed E-state index contributed by atoms with van der Waals surface area (Å²) in [7, 11) is 3.50. The monoisotopic (exact) mass is 189 g/mol. The molecule has 14 heavy (non-hydrogen) atoms. The maximum Gasteiger partial charge on any atom is 0.109 e.